The molecule has 0 radical (unpaired) electrons. The molecule has 1 heterocycles. The van der Waals surface area contributed by atoms with Crippen LogP contribution in [-0.4, -0.2) is 98.3 Å². The van der Waals surface area contributed by atoms with Crippen molar-refractivity contribution in [2.24, 2.45) is 17.6 Å². The Kier molecular flexibility index (Phi) is 11.3. The van der Waals surface area contributed by atoms with Crippen LogP contribution in [0.15, 0.2) is 23.0 Å². The maximum absolute atomic E-state index is 14.6. The highest BCUT2D eigenvalue weighted by molar-refractivity contribution is 6.64. The smallest absolute Gasteiger partial charge is 0.255 e. The number of benzene rings is 1. The third kappa shape index (κ3) is 6.06. The van der Waals surface area contributed by atoms with Crippen LogP contribution in [0, 0.1) is 17.7 Å². The number of fused-ring (bicyclic) bond motifs is 3. The molecule has 16 heteroatoms. The molecule has 4 atom stereocenters. The molecule has 1 amide bonds. The number of likely N-dealkylation sites (tertiary alicyclic amines) is 1. The second-order valence-electron chi connectivity index (χ2n) is 10.9. The topological polar surface area (TPSA) is 208 Å². The molecular weight excluding hydrogens is 634 g/mol. The number of amides is 1. The van der Waals surface area contributed by atoms with Gasteiger partial charge in [0.25, 0.3) is 5.91 Å². The van der Waals surface area contributed by atoms with Gasteiger partial charge in [-0.2, -0.15) is 0 Å². The van der Waals surface area contributed by atoms with Gasteiger partial charge in [-0.15, -0.1) is 24.8 Å². The quantitative estimate of drug-likeness (QED) is 0.117. The van der Waals surface area contributed by atoms with E-state index >= 15 is 0 Å². The molecule has 1 aliphatic heterocycles. The minimum atomic E-state index is -2.74. The van der Waals surface area contributed by atoms with E-state index in [1.165, 1.54) is 31.8 Å². The van der Waals surface area contributed by atoms with Crippen molar-refractivity contribution >= 4 is 70.6 Å². The van der Waals surface area contributed by atoms with Gasteiger partial charge in [-0.1, -0.05) is 0 Å². The van der Waals surface area contributed by atoms with Crippen molar-refractivity contribution < 1.29 is 44.0 Å². The summed E-state index contributed by atoms with van der Waals surface area (Å²) in [5.74, 6) is -8.79. The summed E-state index contributed by atoms with van der Waals surface area (Å²) in [5, 5.41) is 43.0. The molecule has 0 aromatic heterocycles. The van der Waals surface area contributed by atoms with E-state index in [9.17, 15) is 44.0 Å². The van der Waals surface area contributed by atoms with Gasteiger partial charge in [0.2, 0.25) is 11.0 Å². The second-order valence-corrected chi connectivity index (χ2v) is 11.4. The highest BCUT2D eigenvalue weighted by Crippen LogP contribution is 2.53. The average Bonchev–Trinajstić information content (AvgIpc) is 3.37. The Hall–Kier alpha value is -2.94. The minimum Gasteiger partial charge on any atom is -0.508 e. The van der Waals surface area contributed by atoms with Crippen LogP contribution in [-0.2, 0) is 25.6 Å². The highest BCUT2D eigenvalue weighted by atomic mass is 35.5. The molecule has 0 spiro atoms. The van der Waals surface area contributed by atoms with Gasteiger partial charge in [0.05, 0.1) is 23.8 Å². The Morgan fingerprint density at radius 1 is 1.16 bits per heavy atom. The van der Waals surface area contributed by atoms with Crippen molar-refractivity contribution in [2.75, 3.05) is 39.5 Å². The van der Waals surface area contributed by atoms with E-state index in [-0.39, 0.29) is 65.3 Å². The number of phenols is 1. The summed E-state index contributed by atoms with van der Waals surface area (Å²) in [5.41, 5.74) is 6.02. The molecule has 1 saturated carbocycles. The van der Waals surface area contributed by atoms with Crippen LogP contribution in [0.2, 0.25) is 0 Å². The highest BCUT2D eigenvalue weighted by Gasteiger charge is 2.64. The van der Waals surface area contributed by atoms with Crippen molar-refractivity contribution in [3.63, 3.8) is 0 Å². The molecule has 8 N–H and O–H groups in total. The lowest BCUT2D eigenvalue weighted by Crippen LogP contribution is -2.65. The lowest BCUT2D eigenvalue weighted by Gasteiger charge is -2.50. The van der Waals surface area contributed by atoms with Crippen molar-refractivity contribution in [2.45, 2.75) is 37.3 Å². The molecule has 4 aliphatic rings. The van der Waals surface area contributed by atoms with Crippen LogP contribution in [0.25, 0.3) is 5.76 Å². The number of phenolic OH excluding ortho intramolecular Hbond substituents is 1. The zero-order chi connectivity index (χ0) is 30.5. The van der Waals surface area contributed by atoms with Crippen LogP contribution in [0.5, 0.6) is 5.75 Å². The van der Waals surface area contributed by atoms with Crippen LogP contribution in [0.4, 0.5) is 10.1 Å². The summed E-state index contributed by atoms with van der Waals surface area (Å²) in [6.45, 7) is 2.51. The number of aliphatic hydroxyl groups is 3. The fraction of sp³-hybridized carbons (Fsp3) is 0.481. The zero-order valence-electron chi connectivity index (χ0n) is 23.3. The maximum Gasteiger partial charge on any atom is 0.255 e. The third-order valence-corrected chi connectivity index (χ3v) is 8.36. The summed E-state index contributed by atoms with van der Waals surface area (Å²) >= 11 is 5.18. The number of hydrogen-bond acceptors (Lipinski definition) is 11. The number of halogens is 4. The monoisotopic (exact) mass is 666 g/mol. The van der Waals surface area contributed by atoms with E-state index in [1.54, 1.807) is 0 Å². The van der Waals surface area contributed by atoms with Crippen LogP contribution in [0.1, 0.15) is 30.4 Å². The fourth-order valence-electron chi connectivity index (χ4n) is 6.40. The standard InChI is InChI=1S/C21H22FN3O7.C6H10ClNO.2ClH/c1-25(2)14-8-4-6-3-7-9(22)5-10(23)15(26)12(7)16(27)11(6)18(29)21(8,32)19(30)13(17(14)28)20(24)31;7-6(9)5-8-3-1-2-4-8;;/h5-6,8,14,26-27,30,32H,3-4,23H2,1-2H3,(H2,24,31);1-5H2;2*1H/t6?,8?,14-,21-;;;/m0.../s1. The van der Waals surface area contributed by atoms with E-state index in [0.717, 1.165) is 19.2 Å². The normalized spacial score (nSPS) is 26.4. The molecule has 12 nitrogen and oxygen atoms in total. The van der Waals surface area contributed by atoms with Crippen LogP contribution < -0.4 is 11.5 Å². The predicted molar refractivity (Wildman–Crippen MR) is 160 cm³/mol. The number of carbonyl (C=O) groups is 4. The van der Waals surface area contributed by atoms with Gasteiger partial charge >= 0.3 is 0 Å². The predicted octanol–water partition coefficient (Wildman–Crippen LogP) is 1.38. The summed E-state index contributed by atoms with van der Waals surface area (Å²) in [7, 11) is 2.99. The third-order valence-electron chi connectivity index (χ3n) is 8.24. The number of rotatable bonds is 4. The number of nitrogen functional groups attached to an aromatic ring is 1. The molecule has 5 rings (SSSR count). The first-order chi connectivity index (χ1) is 19.1. The average molecular weight is 668 g/mol. The molecule has 238 valence electrons. The zero-order valence-corrected chi connectivity index (χ0v) is 25.7. The van der Waals surface area contributed by atoms with E-state index in [4.69, 9.17) is 23.1 Å². The first-order valence-electron chi connectivity index (χ1n) is 13.0. The Labute approximate surface area is 263 Å². The summed E-state index contributed by atoms with van der Waals surface area (Å²) in [6, 6.07) is -0.300. The largest absolute Gasteiger partial charge is 0.508 e. The number of nitrogens with zero attached hydrogens (tertiary/aromatic N) is 2. The molecule has 2 fully saturated rings. The van der Waals surface area contributed by atoms with E-state index in [0.29, 0.717) is 6.54 Å². The molecule has 1 aromatic carbocycles. The Morgan fingerprint density at radius 2 is 1.74 bits per heavy atom. The molecular formula is C27H34Cl3FN4O8. The second kappa shape index (κ2) is 13.4. The number of ketones is 2. The number of primary amides is 1. The molecule has 1 aromatic rings. The Balaban J connectivity index is 0.000000505. The lowest BCUT2D eigenvalue weighted by atomic mass is 9.57. The van der Waals surface area contributed by atoms with Gasteiger partial charge in [0.1, 0.15) is 28.7 Å². The Bertz CT molecular complexity index is 1410. The summed E-state index contributed by atoms with van der Waals surface area (Å²) in [4.78, 5) is 52.1. The summed E-state index contributed by atoms with van der Waals surface area (Å²) < 4.78 is 14.6. The number of nitrogens with two attached hydrogens (primary N) is 2. The van der Waals surface area contributed by atoms with E-state index in [2.05, 4.69) is 4.90 Å². The molecule has 3 aliphatic carbocycles. The number of aromatic hydroxyl groups is 1. The number of anilines is 1. The van der Waals surface area contributed by atoms with Gasteiger partial charge in [-0.25, -0.2) is 4.39 Å². The fourth-order valence-corrected chi connectivity index (χ4v) is 6.57. The first kappa shape index (κ1) is 36.3. The number of hydrogen-bond donors (Lipinski definition) is 6. The molecule has 1 saturated heterocycles. The van der Waals surface area contributed by atoms with Gasteiger partial charge < -0.3 is 31.9 Å². The van der Waals surface area contributed by atoms with Crippen molar-refractivity contribution in [3.05, 3.63) is 39.9 Å². The number of aliphatic hydroxyl groups excluding tert-OH is 2. The minimum absolute atomic E-state index is 0. The van der Waals surface area contributed by atoms with Crippen LogP contribution in [0.3, 0.4) is 0 Å². The lowest BCUT2D eigenvalue weighted by molar-refractivity contribution is -0.153. The number of Topliss-reactive ketones (excluding diaryl/α,β-unsaturated/α-hetero) is 2. The Morgan fingerprint density at radius 3 is 2.26 bits per heavy atom. The summed E-state index contributed by atoms with van der Waals surface area (Å²) in [6.07, 6.45) is 2.18. The van der Waals surface area contributed by atoms with Gasteiger partial charge in [-0.3, -0.25) is 29.0 Å². The van der Waals surface area contributed by atoms with Gasteiger partial charge in [0, 0.05) is 23.1 Å². The van der Waals surface area contributed by atoms with E-state index in [1.807, 2.05) is 0 Å². The number of likely N-dealkylation sites (N-methyl/N-ethyl adjacent to an activating group) is 1. The van der Waals surface area contributed by atoms with Gasteiger partial charge in [-0.05, 0) is 70.4 Å². The molecule has 0 bridgehead atoms. The van der Waals surface area contributed by atoms with Crippen LogP contribution >= 0.6 is 36.4 Å². The maximum atomic E-state index is 14.6. The molecule has 2 unspecified atom stereocenters. The number of carbonyl (C=O) groups excluding carboxylic acids is 4. The first-order valence-corrected chi connectivity index (χ1v) is 13.4. The SMILES string of the molecule is CN(C)[C@@H]1C(=O)C(C(N)=O)=C(O)[C@@]2(O)C(=O)C3=C(O)c4c(O)c(N)cc(F)c4CC3CC12.Cl.Cl.O=C(Cl)CN1CCCC1. The molecule has 43 heavy (non-hydrogen) atoms. The van der Waals surface area contributed by atoms with Crippen molar-refractivity contribution in [3.8, 4) is 5.75 Å². The van der Waals surface area contributed by atoms with Crippen molar-refractivity contribution in [1.82, 2.24) is 9.80 Å². The van der Waals surface area contributed by atoms with E-state index < -0.39 is 69.6 Å². The van der Waals surface area contributed by atoms with Crippen molar-refractivity contribution in [1.29, 1.82) is 0 Å². The van der Waals surface area contributed by atoms with Gasteiger partial charge in [0.15, 0.2) is 11.4 Å².